The predicted molar refractivity (Wildman–Crippen MR) is 97.0 cm³/mol. The summed E-state index contributed by atoms with van der Waals surface area (Å²) in [6.45, 7) is 9.30. The zero-order chi connectivity index (χ0) is 16.2. The minimum Gasteiger partial charge on any atom is -0.339 e. The monoisotopic (exact) mass is 374 g/mol. The Bertz CT molecular complexity index is 757. The highest BCUT2D eigenvalue weighted by molar-refractivity contribution is 9.10. The maximum atomic E-state index is 4.79. The van der Waals surface area contributed by atoms with E-state index in [1.165, 1.54) is 6.42 Å². The molecule has 7 heteroatoms. The van der Waals surface area contributed by atoms with Gasteiger partial charge >= 0.3 is 0 Å². The number of hydrogen-bond acceptors (Lipinski definition) is 5. The summed E-state index contributed by atoms with van der Waals surface area (Å²) in [5, 5.41) is 11.1. The van der Waals surface area contributed by atoms with E-state index in [9.17, 15) is 0 Å². The molecule has 2 aromatic heterocycles. The topological polar surface area (TPSA) is 66.6 Å². The summed E-state index contributed by atoms with van der Waals surface area (Å²) < 4.78 is 2.64. The molecule has 2 aromatic rings. The van der Waals surface area contributed by atoms with Gasteiger partial charge < -0.3 is 10.6 Å². The third kappa shape index (κ3) is 3.35. The average Bonchev–Trinajstić information content (AvgIpc) is 2.96. The lowest BCUT2D eigenvalue weighted by molar-refractivity contribution is 0.455. The second kappa shape index (κ2) is 7.06. The van der Waals surface area contributed by atoms with Gasteiger partial charge in [0, 0.05) is 24.7 Å². The van der Waals surface area contributed by atoms with Crippen LogP contribution in [0.25, 0.3) is 5.65 Å². The van der Waals surface area contributed by atoms with Crippen LogP contribution < -0.4 is 10.6 Å². The molecule has 6 nitrogen and oxygen atoms in total. The first-order valence-electron chi connectivity index (χ1n) is 7.53. The van der Waals surface area contributed by atoms with Crippen molar-refractivity contribution in [2.75, 3.05) is 18.4 Å². The molecule has 0 aromatic carbocycles. The molecule has 0 amide bonds. The third-order valence-corrected chi connectivity index (χ3v) is 4.45. The highest BCUT2D eigenvalue weighted by Crippen LogP contribution is 2.27. The van der Waals surface area contributed by atoms with Gasteiger partial charge in [0.05, 0.1) is 22.1 Å². The molecule has 1 fully saturated rings. The molecule has 3 heterocycles. The molecule has 0 aliphatic carbocycles. The lowest BCUT2D eigenvalue weighted by atomic mass is 9.96. The number of aliphatic imine (C=N–C) groups is 1. The van der Waals surface area contributed by atoms with Crippen LogP contribution in [0.15, 0.2) is 46.3 Å². The van der Waals surface area contributed by atoms with Crippen molar-refractivity contribution >= 4 is 34.1 Å². The standard InChI is InChI=1S/C16H19BrN6/c1-3-12(9-18-2)21-15-7-14(11-5-4-6-19-8-11)22-16-13(17)10-20-23(15)16/h3,7,9-11,19,21H,1-2,4-6,8H2/b12-9+. The minimum absolute atomic E-state index is 0.407. The number of allylic oxidation sites excluding steroid dienone is 1. The fraction of sp³-hybridized carbons (Fsp3) is 0.312. The van der Waals surface area contributed by atoms with Crippen molar-refractivity contribution in [1.82, 2.24) is 19.9 Å². The lowest BCUT2D eigenvalue weighted by Gasteiger charge is -2.23. The summed E-state index contributed by atoms with van der Waals surface area (Å²) in [7, 11) is 0. The van der Waals surface area contributed by atoms with E-state index in [4.69, 9.17) is 4.98 Å². The number of nitrogens with zero attached hydrogens (tertiary/aromatic N) is 4. The van der Waals surface area contributed by atoms with Crippen molar-refractivity contribution in [2.45, 2.75) is 18.8 Å². The normalized spacial score (nSPS) is 18.8. The van der Waals surface area contributed by atoms with Crippen LogP contribution in [0.3, 0.4) is 0 Å². The molecule has 3 rings (SSSR count). The second-order valence-corrected chi connectivity index (χ2v) is 6.29. The predicted octanol–water partition coefficient (Wildman–Crippen LogP) is 3.10. The average molecular weight is 375 g/mol. The van der Waals surface area contributed by atoms with Crippen LogP contribution >= 0.6 is 15.9 Å². The summed E-state index contributed by atoms with van der Waals surface area (Å²) in [5.74, 6) is 1.24. The first kappa shape index (κ1) is 15.9. The van der Waals surface area contributed by atoms with Gasteiger partial charge in [0.1, 0.15) is 5.82 Å². The summed E-state index contributed by atoms with van der Waals surface area (Å²) in [5.41, 5.74) is 2.61. The van der Waals surface area contributed by atoms with E-state index >= 15 is 0 Å². The molecule has 0 spiro atoms. The quantitative estimate of drug-likeness (QED) is 0.623. The van der Waals surface area contributed by atoms with Gasteiger partial charge in [-0.05, 0) is 48.1 Å². The first-order valence-corrected chi connectivity index (χ1v) is 8.32. The number of piperidine rings is 1. The van der Waals surface area contributed by atoms with Gasteiger partial charge in [0.2, 0.25) is 0 Å². The van der Waals surface area contributed by atoms with Crippen molar-refractivity contribution in [3.8, 4) is 0 Å². The van der Waals surface area contributed by atoms with E-state index in [1.807, 2.05) is 6.07 Å². The number of rotatable bonds is 5. The van der Waals surface area contributed by atoms with Crippen molar-refractivity contribution in [3.63, 3.8) is 0 Å². The lowest BCUT2D eigenvalue weighted by Crippen LogP contribution is -2.29. The smallest absolute Gasteiger partial charge is 0.171 e. The number of hydrogen-bond donors (Lipinski definition) is 2. The Hall–Kier alpha value is -1.99. The summed E-state index contributed by atoms with van der Waals surface area (Å²) in [4.78, 5) is 8.58. The SMILES string of the molecule is C=C/C(=C\N=C)Nc1cc(C2CCCNC2)nc2c(Br)cnn12. The zero-order valence-corrected chi connectivity index (χ0v) is 14.4. The van der Waals surface area contributed by atoms with Gasteiger partial charge in [-0.1, -0.05) is 6.58 Å². The molecule has 1 unspecified atom stereocenters. The minimum atomic E-state index is 0.407. The Morgan fingerprint density at radius 3 is 3.13 bits per heavy atom. The number of nitrogens with one attached hydrogen (secondary N) is 2. The van der Waals surface area contributed by atoms with Crippen LogP contribution in [0.1, 0.15) is 24.5 Å². The molecule has 0 radical (unpaired) electrons. The molecular weight excluding hydrogens is 356 g/mol. The Morgan fingerprint density at radius 2 is 2.43 bits per heavy atom. The Kier molecular flexibility index (Phi) is 4.88. The van der Waals surface area contributed by atoms with Crippen molar-refractivity contribution in [1.29, 1.82) is 0 Å². The highest BCUT2D eigenvalue weighted by Gasteiger charge is 2.19. The van der Waals surface area contributed by atoms with Crippen molar-refractivity contribution in [2.24, 2.45) is 4.99 Å². The second-order valence-electron chi connectivity index (χ2n) is 5.43. The highest BCUT2D eigenvalue weighted by atomic mass is 79.9. The Morgan fingerprint density at radius 1 is 1.57 bits per heavy atom. The number of anilines is 1. The first-order chi connectivity index (χ1) is 11.2. The summed E-state index contributed by atoms with van der Waals surface area (Å²) in [6, 6.07) is 2.05. The molecule has 1 saturated heterocycles. The van der Waals surface area contributed by atoms with Gasteiger partial charge in [-0.15, -0.1) is 0 Å². The van der Waals surface area contributed by atoms with Crippen LogP contribution in [0.2, 0.25) is 0 Å². The third-order valence-electron chi connectivity index (χ3n) is 3.89. The van der Waals surface area contributed by atoms with Crippen LogP contribution in [0.5, 0.6) is 0 Å². The van der Waals surface area contributed by atoms with E-state index in [0.717, 1.165) is 46.8 Å². The van der Waals surface area contributed by atoms with E-state index in [1.54, 1.807) is 23.0 Å². The van der Waals surface area contributed by atoms with E-state index in [0.29, 0.717) is 5.92 Å². The van der Waals surface area contributed by atoms with Crippen LogP contribution in [-0.4, -0.2) is 34.4 Å². The summed E-state index contributed by atoms with van der Waals surface area (Å²) >= 11 is 3.52. The van der Waals surface area contributed by atoms with Gasteiger partial charge in [0.15, 0.2) is 5.65 Å². The van der Waals surface area contributed by atoms with Gasteiger partial charge in [-0.2, -0.15) is 9.61 Å². The zero-order valence-electron chi connectivity index (χ0n) is 12.8. The van der Waals surface area contributed by atoms with Crippen molar-refractivity contribution < 1.29 is 0 Å². The molecule has 1 aliphatic rings. The number of fused-ring (bicyclic) bond motifs is 1. The molecule has 1 aliphatic heterocycles. The van der Waals surface area contributed by atoms with Gasteiger partial charge in [-0.3, -0.25) is 4.99 Å². The maximum absolute atomic E-state index is 4.79. The van der Waals surface area contributed by atoms with Crippen molar-refractivity contribution in [3.05, 3.63) is 47.0 Å². The van der Waals surface area contributed by atoms with Gasteiger partial charge in [0.25, 0.3) is 0 Å². The van der Waals surface area contributed by atoms with Crippen LogP contribution in [-0.2, 0) is 0 Å². The van der Waals surface area contributed by atoms with Gasteiger partial charge in [-0.25, -0.2) is 4.98 Å². The maximum Gasteiger partial charge on any atom is 0.171 e. The molecule has 0 bridgehead atoms. The van der Waals surface area contributed by atoms with E-state index < -0.39 is 0 Å². The number of aromatic nitrogens is 3. The fourth-order valence-corrected chi connectivity index (χ4v) is 3.09. The van der Waals surface area contributed by atoms with E-state index in [2.05, 4.69) is 50.0 Å². The summed E-state index contributed by atoms with van der Waals surface area (Å²) in [6.07, 6.45) is 7.37. The van der Waals surface area contributed by atoms with Crippen LogP contribution in [0, 0.1) is 0 Å². The fourth-order valence-electron chi connectivity index (χ4n) is 2.74. The number of halogens is 1. The molecule has 1 atom stereocenters. The molecule has 120 valence electrons. The molecule has 0 saturated carbocycles. The Balaban J connectivity index is 2.05. The molecule has 23 heavy (non-hydrogen) atoms. The molecular formula is C16H19BrN6. The van der Waals surface area contributed by atoms with Crippen LogP contribution in [0.4, 0.5) is 5.82 Å². The van der Waals surface area contributed by atoms with E-state index in [-0.39, 0.29) is 0 Å². The largest absolute Gasteiger partial charge is 0.339 e. The Labute approximate surface area is 143 Å². The molecule has 2 N–H and O–H groups in total.